The second-order valence-corrected chi connectivity index (χ2v) is 5.32. The van der Waals surface area contributed by atoms with Crippen LogP contribution in [0.2, 0.25) is 0 Å². The van der Waals surface area contributed by atoms with Crippen molar-refractivity contribution in [1.82, 2.24) is 0 Å². The van der Waals surface area contributed by atoms with E-state index >= 15 is 0 Å². The summed E-state index contributed by atoms with van der Waals surface area (Å²) in [5.41, 5.74) is 0. The average Bonchev–Trinajstić information content (AvgIpc) is 2.39. The van der Waals surface area contributed by atoms with Crippen LogP contribution in [0.4, 0.5) is 0 Å². The van der Waals surface area contributed by atoms with Crippen LogP contribution in [0.25, 0.3) is 0 Å². The molecule has 0 aromatic heterocycles. The van der Waals surface area contributed by atoms with Crippen molar-refractivity contribution in [2.75, 3.05) is 0 Å². The maximum atomic E-state index is 10.1. The van der Waals surface area contributed by atoms with Crippen LogP contribution < -0.4 is 0 Å². The molecule has 1 fully saturated rings. The van der Waals surface area contributed by atoms with Crippen molar-refractivity contribution >= 4 is 0 Å². The van der Waals surface area contributed by atoms with Gasteiger partial charge in [0.05, 0.1) is 6.10 Å². The molecule has 1 saturated carbocycles. The maximum Gasteiger partial charge on any atom is 0.0677 e. The van der Waals surface area contributed by atoms with Gasteiger partial charge in [0.1, 0.15) is 0 Å². The van der Waals surface area contributed by atoms with Crippen molar-refractivity contribution in [2.24, 2.45) is 11.8 Å². The first-order valence-corrected chi connectivity index (χ1v) is 7.46. The zero-order chi connectivity index (χ0) is 12.5. The summed E-state index contributed by atoms with van der Waals surface area (Å²) in [7, 11) is 0. The molecule has 0 radical (unpaired) electrons. The van der Waals surface area contributed by atoms with Gasteiger partial charge in [-0.15, -0.1) is 5.92 Å². The van der Waals surface area contributed by atoms with Gasteiger partial charge in [-0.25, -0.2) is 0 Å². The molecule has 17 heavy (non-hydrogen) atoms. The van der Waals surface area contributed by atoms with Crippen molar-refractivity contribution in [3.63, 3.8) is 0 Å². The van der Waals surface area contributed by atoms with Gasteiger partial charge in [0.25, 0.3) is 0 Å². The number of aliphatic hydroxyl groups excluding tert-OH is 1. The Morgan fingerprint density at radius 1 is 1.18 bits per heavy atom. The van der Waals surface area contributed by atoms with E-state index in [1.807, 2.05) is 0 Å². The maximum absolute atomic E-state index is 10.1. The van der Waals surface area contributed by atoms with E-state index in [1.54, 1.807) is 0 Å². The van der Waals surface area contributed by atoms with Crippen LogP contribution in [0.15, 0.2) is 0 Å². The molecular formula is C16H28O. The molecular weight excluding hydrogens is 208 g/mol. The standard InChI is InChI=1S/C16H28O/c1-3-5-6-10-13-15(16(17)4-2)14-11-8-7-9-12-14/h14-17H,3-9,11-12H2,1-2H3/t15-,16-/m0/s1. The van der Waals surface area contributed by atoms with Crippen molar-refractivity contribution in [3.8, 4) is 11.8 Å². The molecule has 0 amide bonds. The summed E-state index contributed by atoms with van der Waals surface area (Å²) in [6.07, 6.45) is 10.6. The molecule has 1 nitrogen and oxygen atoms in total. The quantitative estimate of drug-likeness (QED) is 0.561. The smallest absolute Gasteiger partial charge is 0.0677 e. The van der Waals surface area contributed by atoms with E-state index in [-0.39, 0.29) is 12.0 Å². The van der Waals surface area contributed by atoms with Gasteiger partial charge in [-0.2, -0.15) is 0 Å². The second-order valence-electron chi connectivity index (χ2n) is 5.32. The lowest BCUT2D eigenvalue weighted by Gasteiger charge is -2.29. The lowest BCUT2D eigenvalue weighted by atomic mass is 9.77. The van der Waals surface area contributed by atoms with Crippen LogP contribution >= 0.6 is 0 Å². The number of hydrogen-bond donors (Lipinski definition) is 1. The van der Waals surface area contributed by atoms with Crippen LogP contribution in [0.5, 0.6) is 0 Å². The lowest BCUT2D eigenvalue weighted by molar-refractivity contribution is 0.0867. The molecule has 0 saturated heterocycles. The molecule has 1 aliphatic rings. The Bertz CT molecular complexity index is 242. The summed E-state index contributed by atoms with van der Waals surface area (Å²) in [6, 6.07) is 0. The summed E-state index contributed by atoms with van der Waals surface area (Å²) >= 11 is 0. The minimum Gasteiger partial charge on any atom is -0.392 e. The van der Waals surface area contributed by atoms with Crippen LogP contribution in [-0.4, -0.2) is 11.2 Å². The Balaban J connectivity index is 2.54. The third kappa shape index (κ3) is 5.13. The molecule has 1 heteroatoms. The third-order valence-electron chi connectivity index (χ3n) is 3.91. The highest BCUT2D eigenvalue weighted by Gasteiger charge is 2.26. The molecule has 0 spiro atoms. The number of aliphatic hydroxyl groups is 1. The minimum absolute atomic E-state index is 0.216. The highest BCUT2D eigenvalue weighted by Crippen LogP contribution is 2.32. The van der Waals surface area contributed by atoms with Crippen LogP contribution in [-0.2, 0) is 0 Å². The van der Waals surface area contributed by atoms with Crippen molar-refractivity contribution < 1.29 is 5.11 Å². The van der Waals surface area contributed by atoms with E-state index in [2.05, 4.69) is 25.7 Å². The van der Waals surface area contributed by atoms with E-state index in [0.29, 0.717) is 5.92 Å². The average molecular weight is 236 g/mol. The summed E-state index contributed by atoms with van der Waals surface area (Å²) in [5, 5.41) is 10.1. The highest BCUT2D eigenvalue weighted by molar-refractivity contribution is 5.08. The van der Waals surface area contributed by atoms with Gasteiger partial charge in [-0.05, 0) is 31.6 Å². The van der Waals surface area contributed by atoms with Gasteiger partial charge in [0.15, 0.2) is 0 Å². The van der Waals surface area contributed by atoms with Crippen LogP contribution in [0, 0.1) is 23.7 Å². The lowest BCUT2D eigenvalue weighted by Crippen LogP contribution is -2.27. The van der Waals surface area contributed by atoms with Gasteiger partial charge in [-0.3, -0.25) is 0 Å². The van der Waals surface area contributed by atoms with Crippen molar-refractivity contribution in [2.45, 2.75) is 77.7 Å². The van der Waals surface area contributed by atoms with Crippen LogP contribution in [0.1, 0.15) is 71.6 Å². The fraction of sp³-hybridized carbons (Fsp3) is 0.875. The zero-order valence-electron chi connectivity index (χ0n) is 11.5. The number of unbranched alkanes of at least 4 members (excludes halogenated alkanes) is 2. The van der Waals surface area contributed by atoms with E-state index in [0.717, 1.165) is 12.8 Å². The SMILES string of the molecule is CCCCC#C[C@@H](C1CCCCC1)[C@@H](O)CC. The first-order chi connectivity index (χ1) is 8.29. The van der Waals surface area contributed by atoms with E-state index in [4.69, 9.17) is 0 Å². The highest BCUT2D eigenvalue weighted by atomic mass is 16.3. The first-order valence-electron chi connectivity index (χ1n) is 7.46. The monoisotopic (exact) mass is 236 g/mol. The molecule has 1 aliphatic carbocycles. The molecule has 0 aliphatic heterocycles. The summed E-state index contributed by atoms with van der Waals surface area (Å²) in [4.78, 5) is 0. The van der Waals surface area contributed by atoms with Gasteiger partial charge in [0.2, 0.25) is 0 Å². The Hall–Kier alpha value is -0.480. The van der Waals surface area contributed by atoms with Gasteiger partial charge in [0, 0.05) is 12.3 Å². The fourth-order valence-corrected chi connectivity index (χ4v) is 2.73. The Kier molecular flexibility index (Phi) is 7.37. The predicted molar refractivity (Wildman–Crippen MR) is 73.7 cm³/mol. The molecule has 0 heterocycles. The summed E-state index contributed by atoms with van der Waals surface area (Å²) < 4.78 is 0. The Labute approximate surface area is 107 Å². The van der Waals surface area contributed by atoms with Gasteiger partial charge >= 0.3 is 0 Å². The summed E-state index contributed by atoms with van der Waals surface area (Å²) in [6.45, 7) is 4.26. The van der Waals surface area contributed by atoms with Crippen molar-refractivity contribution in [1.29, 1.82) is 0 Å². The molecule has 0 aromatic rings. The molecule has 98 valence electrons. The van der Waals surface area contributed by atoms with E-state index in [1.165, 1.54) is 44.9 Å². The van der Waals surface area contributed by atoms with Crippen LogP contribution in [0.3, 0.4) is 0 Å². The normalized spacial score (nSPS) is 20.4. The largest absolute Gasteiger partial charge is 0.392 e. The predicted octanol–water partition coefficient (Wildman–Crippen LogP) is 4.15. The van der Waals surface area contributed by atoms with Crippen molar-refractivity contribution in [3.05, 3.63) is 0 Å². The van der Waals surface area contributed by atoms with E-state index < -0.39 is 0 Å². The summed E-state index contributed by atoms with van der Waals surface area (Å²) in [5.74, 6) is 7.54. The first kappa shape index (κ1) is 14.6. The molecule has 0 bridgehead atoms. The fourth-order valence-electron chi connectivity index (χ4n) is 2.73. The van der Waals surface area contributed by atoms with Gasteiger partial charge < -0.3 is 5.11 Å². The topological polar surface area (TPSA) is 20.2 Å². The number of rotatable bonds is 5. The zero-order valence-corrected chi connectivity index (χ0v) is 11.5. The molecule has 0 unspecified atom stereocenters. The molecule has 2 atom stereocenters. The third-order valence-corrected chi connectivity index (χ3v) is 3.91. The Morgan fingerprint density at radius 3 is 2.47 bits per heavy atom. The molecule has 1 N–H and O–H groups in total. The Morgan fingerprint density at radius 2 is 1.88 bits per heavy atom. The van der Waals surface area contributed by atoms with Gasteiger partial charge in [-0.1, -0.05) is 45.5 Å². The molecule has 0 aromatic carbocycles. The van der Waals surface area contributed by atoms with E-state index in [9.17, 15) is 5.11 Å². The molecule has 1 rings (SSSR count). The second kappa shape index (κ2) is 8.59. The minimum atomic E-state index is -0.216. The number of hydrogen-bond acceptors (Lipinski definition) is 1.